The third-order valence-electron chi connectivity index (χ3n) is 4.36. The molecule has 0 aromatic rings. The quantitative estimate of drug-likeness (QED) is 0.738. The highest BCUT2D eigenvalue weighted by molar-refractivity contribution is 7.84. The summed E-state index contributed by atoms with van der Waals surface area (Å²) in [4.78, 5) is 0.851. The van der Waals surface area contributed by atoms with Gasteiger partial charge in [-0.2, -0.15) is 0 Å². The topological polar surface area (TPSA) is 26.0 Å². The van der Waals surface area contributed by atoms with E-state index in [1.165, 1.54) is 29.6 Å². The Hall–Kier alpha value is -0.730. The summed E-state index contributed by atoms with van der Waals surface area (Å²) in [5, 5.41) is 0. The van der Waals surface area contributed by atoms with Gasteiger partial charge in [0.05, 0.1) is 0 Å². The molecule has 0 amide bonds. The summed E-state index contributed by atoms with van der Waals surface area (Å²) in [6, 6.07) is 0. The van der Waals surface area contributed by atoms with Crippen LogP contribution in [0.3, 0.4) is 0 Å². The first kappa shape index (κ1) is 13.7. The minimum Gasteiger partial charge on any atom is -0.330 e. The van der Waals surface area contributed by atoms with Gasteiger partial charge < -0.3 is 5.73 Å². The van der Waals surface area contributed by atoms with Gasteiger partial charge in [0.15, 0.2) is 0 Å². The van der Waals surface area contributed by atoms with E-state index in [1.807, 2.05) is 0 Å². The van der Waals surface area contributed by atoms with Gasteiger partial charge in [-0.05, 0) is 56.2 Å². The van der Waals surface area contributed by atoms with Gasteiger partial charge in [0.2, 0.25) is 0 Å². The molecule has 2 N–H and O–H groups in total. The van der Waals surface area contributed by atoms with Gasteiger partial charge in [-0.15, -0.1) is 12.6 Å². The fourth-order valence-electron chi connectivity index (χ4n) is 3.34. The van der Waals surface area contributed by atoms with Crippen molar-refractivity contribution >= 4 is 12.6 Å². The molecule has 1 fully saturated rings. The number of hydrogen-bond acceptors (Lipinski definition) is 2. The van der Waals surface area contributed by atoms with Crippen molar-refractivity contribution in [3.05, 3.63) is 46.4 Å². The van der Waals surface area contributed by atoms with Crippen LogP contribution < -0.4 is 5.73 Å². The van der Waals surface area contributed by atoms with Crippen molar-refractivity contribution in [3.8, 4) is 0 Å². The SMILES string of the molecule is C=C(C)C1=C(C)C(C2CC(CN)C2)C=C1C(=C)S. The third-order valence-corrected chi connectivity index (χ3v) is 4.60. The minimum absolute atomic E-state index is 0.540. The lowest BCUT2D eigenvalue weighted by molar-refractivity contribution is 0.168. The predicted molar refractivity (Wildman–Crippen MR) is 82.5 cm³/mol. The van der Waals surface area contributed by atoms with Crippen LogP contribution in [-0.4, -0.2) is 6.54 Å². The van der Waals surface area contributed by atoms with Crippen molar-refractivity contribution in [1.82, 2.24) is 0 Å². The third kappa shape index (κ3) is 2.24. The van der Waals surface area contributed by atoms with Crippen LogP contribution >= 0.6 is 12.6 Å². The Morgan fingerprint density at radius 2 is 2.06 bits per heavy atom. The molecule has 2 heteroatoms. The first-order chi connectivity index (χ1) is 8.45. The molecule has 0 heterocycles. The molecule has 2 aliphatic rings. The zero-order valence-corrected chi connectivity index (χ0v) is 12.3. The highest BCUT2D eigenvalue weighted by atomic mass is 32.1. The monoisotopic (exact) mass is 261 g/mol. The van der Waals surface area contributed by atoms with Crippen molar-refractivity contribution in [1.29, 1.82) is 0 Å². The average molecular weight is 261 g/mol. The van der Waals surface area contributed by atoms with Crippen LogP contribution in [-0.2, 0) is 0 Å². The molecule has 0 aromatic carbocycles. The lowest BCUT2D eigenvalue weighted by Gasteiger charge is -2.38. The molecule has 1 atom stereocenters. The van der Waals surface area contributed by atoms with Crippen molar-refractivity contribution in [2.75, 3.05) is 6.54 Å². The Bertz CT molecular complexity index is 450. The molecule has 0 aromatic heterocycles. The number of nitrogens with two attached hydrogens (primary N) is 1. The second-order valence-corrected chi connectivity index (χ2v) is 6.26. The normalized spacial score (nSPS) is 31.1. The van der Waals surface area contributed by atoms with E-state index in [2.05, 4.69) is 45.7 Å². The Morgan fingerprint density at radius 3 is 2.44 bits per heavy atom. The van der Waals surface area contributed by atoms with Gasteiger partial charge in [0.1, 0.15) is 0 Å². The first-order valence-electron chi connectivity index (χ1n) is 6.62. The molecule has 0 bridgehead atoms. The van der Waals surface area contributed by atoms with E-state index in [0.29, 0.717) is 5.92 Å². The van der Waals surface area contributed by atoms with Crippen LogP contribution in [0.5, 0.6) is 0 Å². The molecule has 18 heavy (non-hydrogen) atoms. The summed E-state index contributed by atoms with van der Waals surface area (Å²) < 4.78 is 0. The molecule has 98 valence electrons. The maximum atomic E-state index is 5.71. The minimum atomic E-state index is 0.540. The van der Waals surface area contributed by atoms with Crippen LogP contribution in [0.2, 0.25) is 0 Å². The predicted octanol–water partition coefficient (Wildman–Crippen LogP) is 3.86. The van der Waals surface area contributed by atoms with E-state index in [-0.39, 0.29) is 0 Å². The van der Waals surface area contributed by atoms with Crippen molar-refractivity contribution in [2.24, 2.45) is 23.5 Å². The van der Waals surface area contributed by atoms with Gasteiger partial charge >= 0.3 is 0 Å². The van der Waals surface area contributed by atoms with Crippen LogP contribution in [0.4, 0.5) is 0 Å². The number of thiol groups is 1. The summed E-state index contributed by atoms with van der Waals surface area (Å²) in [5.41, 5.74) is 10.7. The Balaban J connectivity index is 2.24. The Kier molecular flexibility index (Phi) is 3.88. The van der Waals surface area contributed by atoms with E-state index in [1.54, 1.807) is 0 Å². The standard InChI is InChI=1S/C16H23NS/c1-9(2)16-10(3)14(7-15(16)11(4)18)13-5-12(6-13)8-17/h7,12-14,18H,1,4-6,8,17H2,2-3H3. The number of allylic oxidation sites excluding steroid dienone is 5. The fraction of sp³-hybridized carbons (Fsp3) is 0.500. The van der Waals surface area contributed by atoms with Gasteiger partial charge in [-0.1, -0.05) is 30.4 Å². The molecule has 1 unspecified atom stereocenters. The highest BCUT2D eigenvalue weighted by Crippen LogP contribution is 2.48. The van der Waals surface area contributed by atoms with Crippen molar-refractivity contribution in [2.45, 2.75) is 26.7 Å². The molecule has 0 saturated heterocycles. The zero-order valence-electron chi connectivity index (χ0n) is 11.4. The molecule has 0 spiro atoms. The first-order valence-corrected chi connectivity index (χ1v) is 7.07. The smallest absolute Gasteiger partial charge is 0.00436 e. The fourth-order valence-corrected chi connectivity index (χ4v) is 3.52. The van der Waals surface area contributed by atoms with E-state index in [9.17, 15) is 0 Å². The van der Waals surface area contributed by atoms with E-state index >= 15 is 0 Å². The molecule has 2 rings (SSSR count). The van der Waals surface area contributed by atoms with Crippen LogP contribution in [0, 0.1) is 17.8 Å². The van der Waals surface area contributed by atoms with Gasteiger partial charge in [0.25, 0.3) is 0 Å². The van der Waals surface area contributed by atoms with Crippen molar-refractivity contribution in [3.63, 3.8) is 0 Å². The lowest BCUT2D eigenvalue weighted by atomic mass is 9.67. The average Bonchev–Trinajstić information content (AvgIpc) is 2.55. The molecule has 1 saturated carbocycles. The van der Waals surface area contributed by atoms with E-state index in [0.717, 1.165) is 28.9 Å². The number of rotatable bonds is 4. The number of hydrogen-bond donors (Lipinski definition) is 2. The van der Waals surface area contributed by atoms with Crippen LogP contribution in [0.15, 0.2) is 46.4 Å². The molecular formula is C16H23NS. The molecule has 1 nitrogen and oxygen atoms in total. The summed E-state index contributed by atoms with van der Waals surface area (Å²) in [6.45, 7) is 13.2. The Morgan fingerprint density at radius 1 is 1.44 bits per heavy atom. The molecule has 0 aliphatic heterocycles. The summed E-state index contributed by atoms with van der Waals surface area (Å²) in [7, 11) is 0. The second-order valence-electron chi connectivity index (χ2n) is 5.72. The summed E-state index contributed by atoms with van der Waals surface area (Å²) >= 11 is 4.42. The second kappa shape index (κ2) is 5.10. The van der Waals surface area contributed by atoms with E-state index in [4.69, 9.17) is 5.73 Å². The van der Waals surface area contributed by atoms with Crippen LogP contribution in [0.25, 0.3) is 0 Å². The van der Waals surface area contributed by atoms with Crippen molar-refractivity contribution < 1.29 is 0 Å². The van der Waals surface area contributed by atoms with E-state index < -0.39 is 0 Å². The van der Waals surface area contributed by atoms with Gasteiger partial charge in [-0.3, -0.25) is 0 Å². The Labute approximate surface area is 116 Å². The highest BCUT2D eigenvalue weighted by Gasteiger charge is 2.37. The largest absolute Gasteiger partial charge is 0.330 e. The van der Waals surface area contributed by atoms with Crippen LogP contribution in [0.1, 0.15) is 26.7 Å². The maximum Gasteiger partial charge on any atom is 0.00436 e. The molecule has 0 radical (unpaired) electrons. The van der Waals surface area contributed by atoms with Gasteiger partial charge in [-0.25, -0.2) is 0 Å². The lowest BCUT2D eigenvalue weighted by Crippen LogP contribution is -2.34. The van der Waals surface area contributed by atoms with Gasteiger partial charge in [0, 0.05) is 10.8 Å². The maximum absolute atomic E-state index is 5.71. The zero-order chi connectivity index (χ0) is 13.4. The molecule has 2 aliphatic carbocycles. The molecular weight excluding hydrogens is 238 g/mol. The summed E-state index contributed by atoms with van der Waals surface area (Å²) in [6.07, 6.45) is 4.85. The summed E-state index contributed by atoms with van der Waals surface area (Å²) in [5.74, 6) is 2.02.